The van der Waals surface area contributed by atoms with Crippen LogP contribution in [0.2, 0.25) is 0 Å². The van der Waals surface area contributed by atoms with E-state index in [2.05, 4.69) is 0 Å². The van der Waals surface area contributed by atoms with E-state index < -0.39 is 6.10 Å². The van der Waals surface area contributed by atoms with E-state index in [1.807, 2.05) is 6.92 Å². The number of ether oxygens (including phenoxy) is 3. The zero-order chi connectivity index (χ0) is 9.14. The van der Waals surface area contributed by atoms with Crippen molar-refractivity contribution in [2.45, 2.75) is 37.9 Å². The van der Waals surface area contributed by atoms with Crippen LogP contribution in [0.4, 0.5) is 0 Å². The molecule has 1 rings (SSSR count). The average Bonchev–Trinajstić information content (AvgIpc) is 2.09. The molecule has 0 aliphatic carbocycles. The van der Waals surface area contributed by atoms with E-state index in [0.29, 0.717) is 6.42 Å². The molecule has 1 saturated heterocycles. The van der Waals surface area contributed by atoms with Gasteiger partial charge in [-0.15, -0.1) is 0 Å². The predicted molar refractivity (Wildman–Crippen MR) is 42.8 cm³/mol. The molecule has 0 spiro atoms. The Morgan fingerprint density at radius 3 is 2.50 bits per heavy atom. The SMILES string of the molecule is CO[C@@H]1C[C@@H](OC)[C@@H](O)[C@H](C)O1. The smallest absolute Gasteiger partial charge is 0.160 e. The molecule has 0 unspecified atom stereocenters. The van der Waals surface area contributed by atoms with Gasteiger partial charge >= 0.3 is 0 Å². The lowest BCUT2D eigenvalue weighted by Gasteiger charge is -2.36. The third-order valence-corrected chi connectivity index (χ3v) is 2.22. The topological polar surface area (TPSA) is 47.9 Å². The maximum atomic E-state index is 9.55. The maximum Gasteiger partial charge on any atom is 0.160 e. The van der Waals surface area contributed by atoms with E-state index in [9.17, 15) is 5.11 Å². The van der Waals surface area contributed by atoms with Crippen LogP contribution in [0.25, 0.3) is 0 Å². The van der Waals surface area contributed by atoms with Crippen LogP contribution in [0.15, 0.2) is 0 Å². The first-order chi connectivity index (χ1) is 5.69. The molecule has 4 nitrogen and oxygen atoms in total. The van der Waals surface area contributed by atoms with Crippen LogP contribution in [-0.4, -0.2) is 43.9 Å². The summed E-state index contributed by atoms with van der Waals surface area (Å²) in [6, 6.07) is 0. The Labute approximate surface area is 72.4 Å². The van der Waals surface area contributed by atoms with Crippen LogP contribution >= 0.6 is 0 Å². The van der Waals surface area contributed by atoms with Gasteiger partial charge in [0, 0.05) is 20.6 Å². The molecular formula is C8H16O4. The highest BCUT2D eigenvalue weighted by atomic mass is 16.7. The summed E-state index contributed by atoms with van der Waals surface area (Å²) >= 11 is 0. The van der Waals surface area contributed by atoms with Gasteiger partial charge in [0.25, 0.3) is 0 Å². The zero-order valence-electron chi connectivity index (χ0n) is 7.69. The highest BCUT2D eigenvalue weighted by Crippen LogP contribution is 2.22. The highest BCUT2D eigenvalue weighted by Gasteiger charge is 2.35. The van der Waals surface area contributed by atoms with Gasteiger partial charge in [0.2, 0.25) is 0 Å². The van der Waals surface area contributed by atoms with Crippen LogP contribution < -0.4 is 0 Å². The zero-order valence-corrected chi connectivity index (χ0v) is 7.69. The summed E-state index contributed by atoms with van der Waals surface area (Å²) in [6.45, 7) is 1.81. The van der Waals surface area contributed by atoms with Gasteiger partial charge in [0.05, 0.1) is 12.2 Å². The average molecular weight is 176 g/mol. The minimum atomic E-state index is -0.554. The van der Waals surface area contributed by atoms with Gasteiger partial charge in [-0.1, -0.05) is 0 Å². The first kappa shape index (κ1) is 9.92. The van der Waals surface area contributed by atoms with Gasteiger partial charge < -0.3 is 19.3 Å². The number of methoxy groups -OCH3 is 2. The lowest BCUT2D eigenvalue weighted by molar-refractivity contribution is -0.241. The van der Waals surface area contributed by atoms with E-state index >= 15 is 0 Å². The number of rotatable bonds is 2. The monoisotopic (exact) mass is 176 g/mol. The Bertz CT molecular complexity index is 139. The van der Waals surface area contributed by atoms with Gasteiger partial charge in [-0.05, 0) is 6.92 Å². The summed E-state index contributed by atoms with van der Waals surface area (Å²) < 4.78 is 15.5. The molecule has 4 heteroatoms. The molecule has 0 aromatic heterocycles. The third-order valence-electron chi connectivity index (χ3n) is 2.22. The number of hydrogen-bond acceptors (Lipinski definition) is 4. The van der Waals surface area contributed by atoms with Crippen molar-refractivity contribution in [2.24, 2.45) is 0 Å². The molecular weight excluding hydrogens is 160 g/mol. The minimum absolute atomic E-state index is 0.182. The fourth-order valence-electron chi connectivity index (χ4n) is 1.39. The van der Waals surface area contributed by atoms with Gasteiger partial charge in [-0.25, -0.2) is 0 Å². The van der Waals surface area contributed by atoms with E-state index in [0.717, 1.165) is 0 Å². The second-order valence-corrected chi connectivity index (χ2v) is 3.01. The summed E-state index contributed by atoms with van der Waals surface area (Å²) in [5, 5.41) is 9.55. The fourth-order valence-corrected chi connectivity index (χ4v) is 1.39. The van der Waals surface area contributed by atoms with Crippen molar-refractivity contribution < 1.29 is 19.3 Å². The largest absolute Gasteiger partial charge is 0.388 e. The molecule has 0 bridgehead atoms. The Balaban J connectivity index is 2.52. The van der Waals surface area contributed by atoms with Gasteiger partial charge in [0.15, 0.2) is 6.29 Å². The van der Waals surface area contributed by atoms with Gasteiger partial charge in [-0.2, -0.15) is 0 Å². The Kier molecular flexibility index (Phi) is 3.46. The second kappa shape index (κ2) is 4.18. The number of hydrogen-bond donors (Lipinski definition) is 1. The fraction of sp³-hybridized carbons (Fsp3) is 1.00. The highest BCUT2D eigenvalue weighted by molar-refractivity contribution is 4.80. The molecule has 0 amide bonds. The van der Waals surface area contributed by atoms with Crippen LogP contribution in [0, 0.1) is 0 Å². The molecule has 0 aromatic rings. The molecule has 1 fully saturated rings. The minimum Gasteiger partial charge on any atom is -0.388 e. The van der Waals surface area contributed by atoms with E-state index in [1.165, 1.54) is 0 Å². The molecule has 1 aliphatic heterocycles. The summed E-state index contributed by atoms with van der Waals surface area (Å²) in [6.07, 6.45) is -0.638. The Morgan fingerprint density at radius 1 is 1.33 bits per heavy atom. The first-order valence-corrected chi connectivity index (χ1v) is 4.08. The number of aliphatic hydroxyl groups excluding tert-OH is 1. The molecule has 1 N–H and O–H groups in total. The maximum absolute atomic E-state index is 9.55. The molecule has 1 heterocycles. The second-order valence-electron chi connectivity index (χ2n) is 3.01. The first-order valence-electron chi connectivity index (χ1n) is 4.08. The van der Waals surface area contributed by atoms with E-state index in [1.54, 1.807) is 14.2 Å². The normalized spacial score (nSPS) is 43.0. The molecule has 12 heavy (non-hydrogen) atoms. The van der Waals surface area contributed by atoms with E-state index in [-0.39, 0.29) is 18.5 Å². The van der Waals surface area contributed by atoms with Crippen LogP contribution in [0.5, 0.6) is 0 Å². The molecule has 0 aromatic carbocycles. The van der Waals surface area contributed by atoms with Gasteiger partial charge in [-0.3, -0.25) is 0 Å². The van der Waals surface area contributed by atoms with Crippen molar-refractivity contribution in [3.05, 3.63) is 0 Å². The van der Waals surface area contributed by atoms with Crippen molar-refractivity contribution >= 4 is 0 Å². The lowest BCUT2D eigenvalue weighted by Crippen LogP contribution is -2.48. The molecule has 4 atom stereocenters. The summed E-state index contributed by atoms with van der Waals surface area (Å²) in [4.78, 5) is 0. The van der Waals surface area contributed by atoms with Crippen molar-refractivity contribution in [2.75, 3.05) is 14.2 Å². The molecule has 0 radical (unpaired) electrons. The van der Waals surface area contributed by atoms with E-state index in [4.69, 9.17) is 14.2 Å². The van der Waals surface area contributed by atoms with Crippen molar-refractivity contribution in [3.8, 4) is 0 Å². The summed E-state index contributed by atoms with van der Waals surface area (Å²) in [5.74, 6) is 0. The number of aliphatic hydroxyl groups is 1. The Hall–Kier alpha value is -0.160. The Morgan fingerprint density at radius 2 is 2.00 bits per heavy atom. The molecule has 1 aliphatic rings. The summed E-state index contributed by atoms with van der Waals surface area (Å²) in [7, 11) is 3.17. The van der Waals surface area contributed by atoms with Crippen molar-refractivity contribution in [1.29, 1.82) is 0 Å². The quantitative estimate of drug-likeness (QED) is 0.650. The van der Waals surface area contributed by atoms with Crippen molar-refractivity contribution in [3.63, 3.8) is 0 Å². The van der Waals surface area contributed by atoms with Crippen LogP contribution in [0.3, 0.4) is 0 Å². The standard InChI is InChI=1S/C8H16O4/c1-5-8(9)6(10-2)4-7(11-3)12-5/h5-9H,4H2,1-3H3/t5-,6+,7-,8-/m0/s1. The summed E-state index contributed by atoms with van der Waals surface area (Å²) in [5.41, 5.74) is 0. The third kappa shape index (κ3) is 1.95. The van der Waals surface area contributed by atoms with Gasteiger partial charge in [0.1, 0.15) is 6.10 Å². The predicted octanol–water partition coefficient (Wildman–Crippen LogP) is 0.144. The molecule has 0 saturated carbocycles. The van der Waals surface area contributed by atoms with Crippen molar-refractivity contribution in [1.82, 2.24) is 0 Å². The van der Waals surface area contributed by atoms with Crippen LogP contribution in [-0.2, 0) is 14.2 Å². The van der Waals surface area contributed by atoms with Crippen LogP contribution in [0.1, 0.15) is 13.3 Å². The molecule has 72 valence electrons. The lowest BCUT2D eigenvalue weighted by atomic mass is 10.0.